The van der Waals surface area contributed by atoms with Gasteiger partial charge >= 0.3 is 11.9 Å². The number of fused-ring (bicyclic) bond motifs is 1. The van der Waals surface area contributed by atoms with Crippen LogP contribution < -0.4 is 14.8 Å². The van der Waals surface area contributed by atoms with Gasteiger partial charge in [0.15, 0.2) is 16.9 Å². The van der Waals surface area contributed by atoms with Crippen molar-refractivity contribution < 1.29 is 33.3 Å². The Bertz CT molecular complexity index is 1020. The Balaban J connectivity index is 2.00. The van der Waals surface area contributed by atoms with Gasteiger partial charge in [0.2, 0.25) is 5.91 Å². The zero-order valence-electron chi connectivity index (χ0n) is 20.0. The van der Waals surface area contributed by atoms with Crippen molar-refractivity contribution in [2.45, 2.75) is 38.0 Å². The third-order valence-electron chi connectivity index (χ3n) is 6.01. The zero-order chi connectivity index (χ0) is 24.7. The largest absolute Gasteiger partial charge is 0.493 e. The van der Waals surface area contributed by atoms with Gasteiger partial charge in [0.25, 0.3) is 0 Å². The molecule has 0 saturated heterocycles. The van der Waals surface area contributed by atoms with Crippen LogP contribution in [0.1, 0.15) is 42.9 Å². The number of hydrogen-bond donors (Lipinski definition) is 1. The van der Waals surface area contributed by atoms with E-state index >= 15 is 0 Å². The number of carbonyl (C=O) groups is 3. The maximum Gasteiger partial charge on any atom is 0.328 e. The summed E-state index contributed by atoms with van der Waals surface area (Å²) in [5, 5.41) is 2.94. The molecule has 0 aromatic heterocycles. The van der Waals surface area contributed by atoms with Gasteiger partial charge in [-0.1, -0.05) is 36.4 Å². The lowest BCUT2D eigenvalue weighted by atomic mass is 9.81. The molecule has 0 heterocycles. The number of hydrogen-bond acceptors (Lipinski definition) is 7. The standard InChI is InChI=1S/C26H31NO7/c1-5-33-24(29)26(25(30)34-6-2)15-18(16-27-21(28)14-17-10-8-7-9-11-17)22-19(26)12-13-20(31-3)23(22)32-4/h7-13,18H,5-6,14-16H2,1-4H3,(H,27,28). The van der Waals surface area contributed by atoms with Gasteiger partial charge in [-0.2, -0.15) is 0 Å². The molecule has 0 radical (unpaired) electrons. The number of carbonyl (C=O) groups excluding carboxylic acids is 3. The highest BCUT2D eigenvalue weighted by Crippen LogP contribution is 2.53. The lowest BCUT2D eigenvalue weighted by Crippen LogP contribution is -2.45. The topological polar surface area (TPSA) is 100 Å². The van der Waals surface area contributed by atoms with E-state index in [-0.39, 0.29) is 38.5 Å². The Morgan fingerprint density at radius 3 is 2.15 bits per heavy atom. The van der Waals surface area contributed by atoms with Crippen LogP contribution in [-0.4, -0.2) is 51.8 Å². The van der Waals surface area contributed by atoms with Gasteiger partial charge in [0.05, 0.1) is 33.9 Å². The first-order valence-corrected chi connectivity index (χ1v) is 11.3. The molecule has 1 amide bonds. The van der Waals surface area contributed by atoms with E-state index in [1.807, 2.05) is 30.3 Å². The van der Waals surface area contributed by atoms with Gasteiger partial charge in [0.1, 0.15) is 0 Å². The number of esters is 2. The van der Waals surface area contributed by atoms with Crippen LogP contribution >= 0.6 is 0 Å². The normalized spacial score (nSPS) is 15.7. The minimum atomic E-state index is -1.66. The summed E-state index contributed by atoms with van der Waals surface area (Å²) in [4.78, 5) is 39.1. The van der Waals surface area contributed by atoms with Crippen LogP contribution in [0.4, 0.5) is 0 Å². The lowest BCUT2D eigenvalue weighted by molar-refractivity contribution is -0.165. The predicted molar refractivity (Wildman–Crippen MR) is 125 cm³/mol. The fourth-order valence-electron chi connectivity index (χ4n) is 4.54. The number of benzene rings is 2. The van der Waals surface area contributed by atoms with Crippen molar-refractivity contribution in [1.82, 2.24) is 5.32 Å². The van der Waals surface area contributed by atoms with Gasteiger partial charge in [-0.25, -0.2) is 0 Å². The van der Waals surface area contributed by atoms with Crippen molar-refractivity contribution in [1.29, 1.82) is 0 Å². The summed E-state index contributed by atoms with van der Waals surface area (Å²) in [6, 6.07) is 12.7. The molecule has 8 nitrogen and oxygen atoms in total. The summed E-state index contributed by atoms with van der Waals surface area (Å²) in [5.74, 6) is -1.06. The van der Waals surface area contributed by atoms with Crippen molar-refractivity contribution in [3.63, 3.8) is 0 Å². The second-order valence-electron chi connectivity index (χ2n) is 7.98. The summed E-state index contributed by atoms with van der Waals surface area (Å²) in [5.41, 5.74) is 0.307. The fraction of sp³-hybridized carbons (Fsp3) is 0.423. The van der Waals surface area contributed by atoms with E-state index in [2.05, 4.69) is 5.32 Å². The Kier molecular flexibility index (Phi) is 8.15. The first kappa shape index (κ1) is 25.1. The minimum Gasteiger partial charge on any atom is -0.493 e. The lowest BCUT2D eigenvalue weighted by Gasteiger charge is -2.26. The molecule has 34 heavy (non-hydrogen) atoms. The van der Waals surface area contributed by atoms with Gasteiger partial charge in [-0.15, -0.1) is 0 Å². The molecule has 8 heteroatoms. The molecule has 1 unspecified atom stereocenters. The second kappa shape index (κ2) is 11.0. The quantitative estimate of drug-likeness (QED) is 0.422. The molecule has 1 N–H and O–H groups in total. The molecule has 0 saturated carbocycles. The molecule has 0 aliphatic heterocycles. The van der Waals surface area contributed by atoms with E-state index in [0.717, 1.165) is 5.56 Å². The molecular weight excluding hydrogens is 438 g/mol. The van der Waals surface area contributed by atoms with Gasteiger partial charge < -0.3 is 24.3 Å². The van der Waals surface area contributed by atoms with Crippen LogP contribution in [0.2, 0.25) is 0 Å². The summed E-state index contributed by atoms with van der Waals surface area (Å²) in [6.07, 6.45) is 0.297. The van der Waals surface area contributed by atoms with Crippen molar-refractivity contribution in [2.24, 2.45) is 0 Å². The summed E-state index contributed by atoms with van der Waals surface area (Å²) < 4.78 is 21.8. The average Bonchev–Trinajstić information content (AvgIpc) is 3.18. The maximum atomic E-state index is 13.2. The zero-order valence-corrected chi connectivity index (χ0v) is 20.0. The fourth-order valence-corrected chi connectivity index (χ4v) is 4.54. The Morgan fingerprint density at radius 2 is 1.59 bits per heavy atom. The number of rotatable bonds is 10. The highest BCUT2D eigenvalue weighted by Gasteiger charge is 2.58. The third-order valence-corrected chi connectivity index (χ3v) is 6.01. The Morgan fingerprint density at radius 1 is 0.941 bits per heavy atom. The van der Waals surface area contributed by atoms with E-state index in [0.29, 0.717) is 22.6 Å². The van der Waals surface area contributed by atoms with Gasteiger partial charge in [0, 0.05) is 18.0 Å². The minimum absolute atomic E-state index is 0.0785. The Labute approximate surface area is 199 Å². The van der Waals surface area contributed by atoms with E-state index in [1.165, 1.54) is 14.2 Å². The van der Waals surface area contributed by atoms with Crippen molar-refractivity contribution >= 4 is 17.8 Å². The van der Waals surface area contributed by atoms with E-state index in [4.69, 9.17) is 18.9 Å². The number of amides is 1. The van der Waals surface area contributed by atoms with Crippen molar-refractivity contribution in [2.75, 3.05) is 34.0 Å². The van der Waals surface area contributed by atoms with Crippen LogP contribution in [0.5, 0.6) is 11.5 Å². The van der Waals surface area contributed by atoms with Crippen molar-refractivity contribution in [3.8, 4) is 11.5 Å². The second-order valence-corrected chi connectivity index (χ2v) is 7.98. The molecule has 1 aliphatic rings. The first-order chi connectivity index (χ1) is 16.4. The van der Waals surface area contributed by atoms with Crippen molar-refractivity contribution in [3.05, 3.63) is 59.2 Å². The Hall–Kier alpha value is -3.55. The third kappa shape index (κ3) is 4.71. The SMILES string of the molecule is CCOC(=O)C1(C(=O)OCC)CC(CNC(=O)Cc2ccccc2)c2c1ccc(OC)c2OC. The molecule has 182 valence electrons. The number of nitrogens with one attached hydrogen (secondary N) is 1. The van der Waals surface area contributed by atoms with Crippen LogP contribution in [0.3, 0.4) is 0 Å². The van der Waals surface area contributed by atoms with Gasteiger partial charge in [-0.3, -0.25) is 14.4 Å². The summed E-state index contributed by atoms with van der Waals surface area (Å²) in [6.45, 7) is 3.79. The van der Waals surface area contributed by atoms with Crippen LogP contribution in [-0.2, 0) is 35.7 Å². The molecule has 0 fully saturated rings. The molecule has 2 aromatic rings. The molecule has 0 spiro atoms. The van der Waals surface area contributed by atoms with E-state index < -0.39 is 23.3 Å². The summed E-state index contributed by atoms with van der Waals surface area (Å²) in [7, 11) is 3.01. The smallest absolute Gasteiger partial charge is 0.328 e. The predicted octanol–water partition coefficient (Wildman–Crippen LogP) is 2.91. The highest BCUT2D eigenvalue weighted by molar-refractivity contribution is 6.08. The van der Waals surface area contributed by atoms with Crippen LogP contribution in [0.15, 0.2) is 42.5 Å². The van der Waals surface area contributed by atoms with Crippen LogP contribution in [0, 0.1) is 0 Å². The number of ether oxygens (including phenoxy) is 4. The maximum absolute atomic E-state index is 13.2. The van der Waals surface area contributed by atoms with Gasteiger partial charge in [-0.05, 0) is 37.5 Å². The molecule has 1 atom stereocenters. The summed E-state index contributed by atoms with van der Waals surface area (Å²) >= 11 is 0. The highest BCUT2D eigenvalue weighted by atomic mass is 16.6. The molecule has 2 aromatic carbocycles. The molecule has 3 rings (SSSR count). The first-order valence-electron chi connectivity index (χ1n) is 11.3. The molecule has 1 aliphatic carbocycles. The monoisotopic (exact) mass is 469 g/mol. The van der Waals surface area contributed by atoms with Crippen LogP contribution in [0.25, 0.3) is 0 Å². The van der Waals surface area contributed by atoms with E-state index in [9.17, 15) is 14.4 Å². The number of methoxy groups -OCH3 is 2. The molecule has 0 bridgehead atoms. The molecular formula is C26H31NO7. The average molecular weight is 470 g/mol. The van der Waals surface area contributed by atoms with E-state index in [1.54, 1.807) is 26.0 Å².